The normalized spacial score (nSPS) is 14.9. The molecule has 0 atom stereocenters. The van der Waals surface area contributed by atoms with Crippen LogP contribution < -0.4 is 9.62 Å². The average molecular weight is 431 g/mol. The van der Waals surface area contributed by atoms with Crippen molar-refractivity contribution in [2.75, 3.05) is 21.9 Å². The molecule has 0 bridgehead atoms. The van der Waals surface area contributed by atoms with Crippen LogP contribution in [0.15, 0.2) is 72.9 Å². The molecule has 0 saturated carbocycles. The van der Waals surface area contributed by atoms with E-state index in [2.05, 4.69) is 35.4 Å². The molecule has 1 saturated heterocycles. The Morgan fingerprint density at radius 3 is 2.58 bits per heavy atom. The number of aryl methyl sites for hydroxylation is 1. The predicted octanol–water partition coefficient (Wildman–Crippen LogP) is 4.37. The van der Waals surface area contributed by atoms with Crippen LogP contribution in [-0.4, -0.2) is 30.7 Å². The fourth-order valence-electron chi connectivity index (χ4n) is 3.72. The lowest BCUT2D eigenvalue weighted by Crippen LogP contribution is -2.47. The summed E-state index contributed by atoms with van der Waals surface area (Å²) in [6.45, 7) is 3.28. The first kappa shape index (κ1) is 19.5. The summed E-state index contributed by atoms with van der Waals surface area (Å²) in [5.74, 6) is 0.231. The van der Waals surface area contributed by atoms with Crippen LogP contribution >= 0.6 is 0 Å². The van der Waals surface area contributed by atoms with Crippen molar-refractivity contribution in [3.8, 4) is 11.3 Å². The first-order chi connectivity index (χ1) is 15.0. The van der Waals surface area contributed by atoms with Crippen LogP contribution in [0.5, 0.6) is 0 Å². The third-order valence-corrected chi connectivity index (χ3v) is 7.34. The molecule has 0 aliphatic carbocycles. The Labute approximate surface area is 181 Å². The topological polar surface area (TPSA) is 75.2 Å². The monoisotopic (exact) mass is 430 g/mol. The van der Waals surface area contributed by atoms with E-state index in [1.54, 1.807) is 6.20 Å². The summed E-state index contributed by atoms with van der Waals surface area (Å²) < 4.78 is 25.0. The van der Waals surface area contributed by atoms with Crippen molar-refractivity contribution < 1.29 is 8.42 Å². The Hall–Kier alpha value is -3.45. The summed E-state index contributed by atoms with van der Waals surface area (Å²) in [7, 11) is -3.08. The van der Waals surface area contributed by atoms with Crippen LogP contribution in [0.4, 0.5) is 11.4 Å². The standard InChI is InChI=1S/C24H22N4O2S/c1-17-4-7-19(15-21(17)22-10-11-23-24(27-22)3-2-12-25-23)26-16-18-5-8-20(9-6-18)28-13-14-31(28,29)30/h2-12,15,26H,13-14,16H2,1H3. The Bertz CT molecular complexity index is 1370. The van der Waals surface area contributed by atoms with Crippen molar-refractivity contribution in [3.05, 3.63) is 84.1 Å². The van der Waals surface area contributed by atoms with Gasteiger partial charge in [-0.1, -0.05) is 18.2 Å². The van der Waals surface area contributed by atoms with E-state index in [1.165, 1.54) is 4.31 Å². The van der Waals surface area contributed by atoms with E-state index in [-0.39, 0.29) is 5.75 Å². The first-order valence-corrected chi connectivity index (χ1v) is 11.8. The molecule has 4 aromatic rings. The largest absolute Gasteiger partial charge is 0.381 e. The smallest absolute Gasteiger partial charge is 0.236 e. The van der Waals surface area contributed by atoms with Gasteiger partial charge in [0.2, 0.25) is 10.0 Å². The minimum atomic E-state index is -3.08. The van der Waals surface area contributed by atoms with Gasteiger partial charge in [0, 0.05) is 30.5 Å². The van der Waals surface area contributed by atoms with Crippen molar-refractivity contribution in [3.63, 3.8) is 0 Å². The highest BCUT2D eigenvalue weighted by Crippen LogP contribution is 2.28. The fraction of sp³-hybridized carbons (Fsp3) is 0.167. The number of nitrogens with one attached hydrogen (secondary N) is 1. The maximum absolute atomic E-state index is 11.8. The summed E-state index contributed by atoms with van der Waals surface area (Å²) >= 11 is 0. The minimum absolute atomic E-state index is 0.231. The highest BCUT2D eigenvalue weighted by Gasteiger charge is 2.32. The van der Waals surface area contributed by atoms with Gasteiger partial charge in [0.15, 0.2) is 0 Å². The molecule has 6 nitrogen and oxygen atoms in total. The quantitative estimate of drug-likeness (QED) is 0.509. The minimum Gasteiger partial charge on any atom is -0.381 e. The predicted molar refractivity (Wildman–Crippen MR) is 125 cm³/mol. The summed E-state index contributed by atoms with van der Waals surface area (Å²) in [6.07, 6.45) is 1.77. The van der Waals surface area contributed by atoms with Crippen LogP contribution in [0.25, 0.3) is 22.3 Å². The van der Waals surface area contributed by atoms with Crippen molar-refractivity contribution in [1.82, 2.24) is 9.97 Å². The maximum Gasteiger partial charge on any atom is 0.236 e. The molecule has 1 aliphatic heterocycles. The molecule has 31 heavy (non-hydrogen) atoms. The van der Waals surface area contributed by atoms with Crippen LogP contribution in [0.2, 0.25) is 0 Å². The van der Waals surface area contributed by atoms with E-state index in [0.29, 0.717) is 13.1 Å². The number of nitrogens with zero attached hydrogens (tertiary/aromatic N) is 3. The van der Waals surface area contributed by atoms with Gasteiger partial charge in [0.25, 0.3) is 0 Å². The van der Waals surface area contributed by atoms with Crippen LogP contribution in [0.3, 0.4) is 0 Å². The Balaban J connectivity index is 1.33. The summed E-state index contributed by atoms with van der Waals surface area (Å²) in [4.78, 5) is 9.11. The Kier molecular flexibility index (Phi) is 4.82. The zero-order chi connectivity index (χ0) is 21.4. The van der Waals surface area contributed by atoms with Crippen LogP contribution in [-0.2, 0) is 16.6 Å². The van der Waals surface area contributed by atoms with E-state index >= 15 is 0 Å². The van der Waals surface area contributed by atoms with Crippen molar-refractivity contribution in [2.45, 2.75) is 13.5 Å². The second kappa shape index (κ2) is 7.67. The number of pyridine rings is 2. The highest BCUT2D eigenvalue weighted by molar-refractivity contribution is 7.94. The molecule has 0 unspecified atom stereocenters. The number of fused-ring (bicyclic) bond motifs is 1. The van der Waals surface area contributed by atoms with E-state index in [0.717, 1.165) is 44.8 Å². The molecule has 0 radical (unpaired) electrons. The molecule has 0 spiro atoms. The van der Waals surface area contributed by atoms with E-state index in [1.807, 2.05) is 48.5 Å². The van der Waals surface area contributed by atoms with Crippen LogP contribution in [0.1, 0.15) is 11.1 Å². The van der Waals surface area contributed by atoms with Gasteiger partial charge in [0.05, 0.1) is 28.2 Å². The summed E-state index contributed by atoms with van der Waals surface area (Å²) in [6, 6.07) is 21.8. The number of benzene rings is 2. The molecule has 7 heteroatoms. The number of hydrogen-bond donors (Lipinski definition) is 1. The third-order valence-electron chi connectivity index (χ3n) is 5.58. The molecule has 3 heterocycles. The fourth-order valence-corrected chi connectivity index (χ4v) is 4.83. The zero-order valence-electron chi connectivity index (χ0n) is 17.1. The van der Waals surface area contributed by atoms with Gasteiger partial charge in [-0.25, -0.2) is 13.4 Å². The van der Waals surface area contributed by atoms with E-state index in [9.17, 15) is 8.42 Å². The number of sulfonamides is 1. The average Bonchev–Trinajstić information content (AvgIpc) is 2.78. The summed E-state index contributed by atoms with van der Waals surface area (Å²) in [5.41, 5.74) is 7.72. The van der Waals surface area contributed by atoms with Gasteiger partial charge in [0.1, 0.15) is 0 Å². The van der Waals surface area contributed by atoms with Gasteiger partial charge in [-0.15, -0.1) is 0 Å². The number of rotatable bonds is 5. The summed E-state index contributed by atoms with van der Waals surface area (Å²) in [5, 5.41) is 3.46. The number of hydrogen-bond acceptors (Lipinski definition) is 5. The SMILES string of the molecule is Cc1ccc(NCc2ccc(N3CCS3(=O)=O)cc2)cc1-c1ccc2ncccc2n1. The number of aromatic nitrogens is 2. The molecule has 156 valence electrons. The van der Waals surface area contributed by atoms with Gasteiger partial charge >= 0.3 is 0 Å². The molecule has 5 rings (SSSR count). The van der Waals surface area contributed by atoms with Crippen molar-refractivity contribution in [1.29, 1.82) is 0 Å². The van der Waals surface area contributed by atoms with Gasteiger partial charge in [-0.05, 0) is 66.6 Å². The van der Waals surface area contributed by atoms with Crippen molar-refractivity contribution in [2.24, 2.45) is 0 Å². The second-order valence-corrected chi connectivity index (χ2v) is 9.69. The molecule has 0 amide bonds. The lowest BCUT2D eigenvalue weighted by Gasteiger charge is -2.32. The number of anilines is 2. The maximum atomic E-state index is 11.8. The Morgan fingerprint density at radius 2 is 1.84 bits per heavy atom. The Morgan fingerprint density at radius 1 is 1.00 bits per heavy atom. The molecule has 1 aliphatic rings. The molecule has 1 N–H and O–H groups in total. The van der Waals surface area contributed by atoms with E-state index in [4.69, 9.17) is 4.98 Å². The van der Waals surface area contributed by atoms with Gasteiger partial charge in [-0.3, -0.25) is 9.29 Å². The third kappa shape index (κ3) is 3.84. The van der Waals surface area contributed by atoms with Crippen molar-refractivity contribution >= 4 is 32.4 Å². The van der Waals surface area contributed by atoms with Gasteiger partial charge in [-0.2, -0.15) is 0 Å². The lowest BCUT2D eigenvalue weighted by atomic mass is 10.0. The second-order valence-electron chi connectivity index (χ2n) is 7.68. The highest BCUT2D eigenvalue weighted by atomic mass is 32.2. The van der Waals surface area contributed by atoms with Crippen LogP contribution in [0, 0.1) is 6.92 Å². The lowest BCUT2D eigenvalue weighted by molar-refractivity contribution is 0.578. The molecule has 2 aromatic heterocycles. The molecule has 1 fully saturated rings. The molecular weight excluding hydrogens is 408 g/mol. The van der Waals surface area contributed by atoms with E-state index < -0.39 is 10.0 Å². The zero-order valence-corrected chi connectivity index (χ0v) is 17.9. The first-order valence-electron chi connectivity index (χ1n) is 10.2. The van der Waals surface area contributed by atoms with Gasteiger partial charge < -0.3 is 5.32 Å². The molecular formula is C24H22N4O2S. The molecule has 2 aromatic carbocycles.